The van der Waals surface area contributed by atoms with Gasteiger partial charge < -0.3 is 35.1 Å². The number of benzene rings is 2. The Morgan fingerprint density at radius 2 is 1.68 bits per heavy atom. The van der Waals surface area contributed by atoms with E-state index in [4.69, 9.17) is 24.1 Å². The summed E-state index contributed by atoms with van der Waals surface area (Å²) < 4.78 is 23.2. The van der Waals surface area contributed by atoms with E-state index in [-0.39, 0.29) is 0 Å². The molecule has 1 unspecified atom stereocenters. The van der Waals surface area contributed by atoms with Crippen molar-refractivity contribution in [2.45, 2.75) is 12.5 Å². The zero-order valence-corrected chi connectivity index (χ0v) is 19.2. The van der Waals surface area contributed by atoms with Gasteiger partial charge >= 0.3 is 5.97 Å². The SMILES string of the molecule is COc1ccc(-c2cnnn2-c2cc(OC)c(OC)c(OC)c2)cc1NC(=O)C([NH3+])CC(=O)O. The van der Waals surface area contributed by atoms with Crippen molar-refractivity contribution in [2.75, 3.05) is 33.8 Å². The van der Waals surface area contributed by atoms with Gasteiger partial charge in [-0.25, -0.2) is 4.68 Å². The third kappa shape index (κ3) is 5.02. The fourth-order valence-corrected chi connectivity index (χ4v) is 3.32. The van der Waals surface area contributed by atoms with E-state index < -0.39 is 24.3 Å². The van der Waals surface area contributed by atoms with E-state index in [0.29, 0.717) is 45.6 Å². The molecule has 3 rings (SSSR count). The maximum atomic E-state index is 12.4. The Kier molecular flexibility index (Phi) is 7.53. The van der Waals surface area contributed by atoms with Gasteiger partial charge in [0.25, 0.3) is 5.91 Å². The number of aromatic nitrogens is 3. The summed E-state index contributed by atoms with van der Waals surface area (Å²) in [6.07, 6.45) is 1.16. The molecule has 1 amide bonds. The van der Waals surface area contributed by atoms with Crippen molar-refractivity contribution in [3.63, 3.8) is 0 Å². The number of quaternary nitrogens is 1. The number of nitrogens with one attached hydrogen (secondary N) is 1. The number of aliphatic carboxylic acids is 1. The van der Waals surface area contributed by atoms with Crippen LogP contribution in [0.15, 0.2) is 36.5 Å². The van der Waals surface area contributed by atoms with Crippen LogP contribution in [0.4, 0.5) is 5.69 Å². The molecule has 5 N–H and O–H groups in total. The van der Waals surface area contributed by atoms with Crippen LogP contribution >= 0.6 is 0 Å². The van der Waals surface area contributed by atoms with Crippen molar-refractivity contribution in [3.05, 3.63) is 36.5 Å². The fourth-order valence-electron chi connectivity index (χ4n) is 3.32. The maximum Gasteiger partial charge on any atom is 0.309 e. The highest BCUT2D eigenvalue weighted by molar-refractivity contribution is 5.97. The van der Waals surface area contributed by atoms with Gasteiger partial charge in [0, 0.05) is 17.7 Å². The molecule has 0 saturated carbocycles. The van der Waals surface area contributed by atoms with Crippen molar-refractivity contribution >= 4 is 17.6 Å². The van der Waals surface area contributed by atoms with Crippen molar-refractivity contribution in [1.29, 1.82) is 0 Å². The number of nitrogens with zero attached hydrogens (tertiary/aromatic N) is 3. The summed E-state index contributed by atoms with van der Waals surface area (Å²) in [5.41, 5.74) is 5.82. The van der Waals surface area contributed by atoms with E-state index in [2.05, 4.69) is 21.4 Å². The number of hydrogen-bond acceptors (Lipinski definition) is 8. The second-order valence-corrected chi connectivity index (χ2v) is 7.11. The van der Waals surface area contributed by atoms with E-state index in [0.717, 1.165) is 0 Å². The molecule has 0 fully saturated rings. The third-order valence-electron chi connectivity index (χ3n) is 4.99. The second kappa shape index (κ2) is 10.5. The highest BCUT2D eigenvalue weighted by atomic mass is 16.5. The van der Waals surface area contributed by atoms with Crippen LogP contribution < -0.4 is 30.0 Å². The van der Waals surface area contributed by atoms with Crippen LogP contribution in [0.3, 0.4) is 0 Å². The summed E-state index contributed by atoms with van der Waals surface area (Å²) in [7, 11) is 6.01. The van der Waals surface area contributed by atoms with E-state index in [1.165, 1.54) is 28.4 Å². The molecule has 180 valence electrons. The molecule has 3 aromatic rings. The largest absolute Gasteiger partial charge is 0.495 e. The predicted octanol–water partition coefficient (Wildman–Crippen LogP) is 0.992. The second-order valence-electron chi connectivity index (χ2n) is 7.11. The van der Waals surface area contributed by atoms with Gasteiger partial charge in [0.15, 0.2) is 17.5 Å². The highest BCUT2D eigenvalue weighted by Gasteiger charge is 2.23. The maximum absolute atomic E-state index is 12.4. The van der Waals surface area contributed by atoms with Gasteiger partial charge in [0.05, 0.1) is 51.7 Å². The Hall–Kier alpha value is -4.32. The number of carbonyl (C=O) groups excluding carboxylic acids is 1. The van der Waals surface area contributed by atoms with Gasteiger partial charge in [-0.05, 0) is 18.2 Å². The number of carboxylic acids is 1. The lowest BCUT2D eigenvalue weighted by Gasteiger charge is -2.16. The summed E-state index contributed by atoms with van der Waals surface area (Å²) >= 11 is 0. The molecule has 1 heterocycles. The molecule has 1 aromatic heterocycles. The number of carbonyl (C=O) groups is 2. The first-order chi connectivity index (χ1) is 16.3. The number of anilines is 1. The van der Waals surface area contributed by atoms with Crippen LogP contribution in [0.25, 0.3) is 16.9 Å². The molecule has 0 spiro atoms. The van der Waals surface area contributed by atoms with Crippen molar-refractivity contribution in [1.82, 2.24) is 15.0 Å². The standard InChI is InChI=1S/C22H25N5O7/c1-31-17-6-5-12(7-15(17)25-22(30)14(23)10-20(28)29)16-11-24-26-27(16)13-8-18(32-2)21(34-4)19(9-13)33-3/h5-9,11,14H,10,23H2,1-4H3,(H,25,30)(H,28,29)/p+1. The summed E-state index contributed by atoms with van der Waals surface area (Å²) in [6.45, 7) is 0. The van der Waals surface area contributed by atoms with Gasteiger partial charge in [-0.1, -0.05) is 5.21 Å². The molecule has 0 saturated heterocycles. The van der Waals surface area contributed by atoms with Gasteiger partial charge in [-0.2, -0.15) is 0 Å². The fraction of sp³-hybridized carbons (Fsp3) is 0.273. The van der Waals surface area contributed by atoms with Crippen LogP contribution in [0.2, 0.25) is 0 Å². The van der Waals surface area contributed by atoms with Gasteiger partial charge in [-0.3, -0.25) is 9.59 Å². The summed E-state index contributed by atoms with van der Waals surface area (Å²) in [6, 6.07) is 7.61. The van der Waals surface area contributed by atoms with Crippen LogP contribution in [-0.2, 0) is 9.59 Å². The predicted molar refractivity (Wildman–Crippen MR) is 121 cm³/mol. The quantitative estimate of drug-likeness (QED) is 0.391. The summed E-state index contributed by atoms with van der Waals surface area (Å²) in [4.78, 5) is 23.4. The highest BCUT2D eigenvalue weighted by Crippen LogP contribution is 2.40. The monoisotopic (exact) mass is 472 g/mol. The third-order valence-corrected chi connectivity index (χ3v) is 4.99. The molecule has 0 aliphatic rings. The van der Waals surface area contributed by atoms with Crippen molar-refractivity contribution in [3.8, 4) is 39.9 Å². The van der Waals surface area contributed by atoms with Gasteiger partial charge in [0.2, 0.25) is 5.75 Å². The Morgan fingerprint density at radius 1 is 1.03 bits per heavy atom. The first kappa shape index (κ1) is 24.3. The smallest absolute Gasteiger partial charge is 0.309 e. The molecular formula is C22H26N5O7+. The molecule has 12 nitrogen and oxygen atoms in total. The number of amides is 1. The zero-order chi connectivity index (χ0) is 24.8. The van der Waals surface area contributed by atoms with Crippen LogP contribution in [0.5, 0.6) is 23.0 Å². The Bertz CT molecular complexity index is 1170. The number of rotatable bonds is 10. The molecule has 2 aromatic carbocycles. The molecule has 0 aliphatic carbocycles. The van der Waals surface area contributed by atoms with Gasteiger partial charge in [0.1, 0.15) is 12.2 Å². The van der Waals surface area contributed by atoms with Gasteiger partial charge in [-0.15, -0.1) is 5.10 Å². The average molecular weight is 472 g/mol. The minimum absolute atomic E-state index is 0.349. The van der Waals surface area contributed by atoms with Crippen molar-refractivity contribution < 1.29 is 39.4 Å². The molecule has 1 atom stereocenters. The molecule has 0 radical (unpaired) electrons. The Balaban J connectivity index is 2.02. The number of carboxylic acid groups (broad SMARTS) is 1. The minimum atomic E-state index is -1.11. The van der Waals surface area contributed by atoms with Crippen LogP contribution in [0.1, 0.15) is 6.42 Å². The number of hydrogen-bond donors (Lipinski definition) is 3. The first-order valence-electron chi connectivity index (χ1n) is 10.1. The molecule has 34 heavy (non-hydrogen) atoms. The minimum Gasteiger partial charge on any atom is -0.495 e. The first-order valence-corrected chi connectivity index (χ1v) is 10.1. The Morgan fingerprint density at radius 3 is 2.24 bits per heavy atom. The normalized spacial score (nSPS) is 11.4. The number of methoxy groups -OCH3 is 4. The van der Waals surface area contributed by atoms with E-state index in [1.54, 1.807) is 41.2 Å². The average Bonchev–Trinajstić information content (AvgIpc) is 3.32. The lowest BCUT2D eigenvalue weighted by atomic mass is 10.1. The lowest BCUT2D eigenvalue weighted by Crippen LogP contribution is -2.66. The zero-order valence-electron chi connectivity index (χ0n) is 19.2. The summed E-state index contributed by atoms with van der Waals surface area (Å²) in [5.74, 6) is 0.0625. The molecule has 0 bridgehead atoms. The summed E-state index contributed by atoms with van der Waals surface area (Å²) in [5, 5.41) is 19.8. The van der Waals surface area contributed by atoms with E-state index >= 15 is 0 Å². The van der Waals surface area contributed by atoms with E-state index in [1.807, 2.05) is 0 Å². The van der Waals surface area contributed by atoms with Crippen molar-refractivity contribution in [2.24, 2.45) is 0 Å². The lowest BCUT2D eigenvalue weighted by molar-refractivity contribution is -0.401. The molecular weight excluding hydrogens is 446 g/mol. The molecule has 12 heteroatoms. The van der Waals surface area contributed by atoms with Crippen LogP contribution in [-0.4, -0.2) is 66.5 Å². The number of ether oxygens (including phenoxy) is 4. The Labute approximate surface area is 195 Å². The van der Waals surface area contributed by atoms with Crippen LogP contribution in [0, 0.1) is 0 Å². The van der Waals surface area contributed by atoms with E-state index in [9.17, 15) is 9.59 Å². The molecule has 0 aliphatic heterocycles. The topological polar surface area (TPSA) is 162 Å².